The lowest BCUT2D eigenvalue weighted by molar-refractivity contribution is -0.338. The van der Waals surface area contributed by atoms with Crippen LogP contribution in [0.15, 0.2) is 59.4 Å². The number of esters is 1. The summed E-state index contributed by atoms with van der Waals surface area (Å²) < 4.78 is 41.4. The zero-order chi connectivity index (χ0) is 45.9. The van der Waals surface area contributed by atoms with E-state index in [2.05, 4.69) is 0 Å². The van der Waals surface area contributed by atoms with Crippen molar-refractivity contribution in [1.29, 1.82) is 0 Å². The minimum absolute atomic E-state index is 0.0313. The molecule has 0 aromatic carbocycles. The standard InChI is InChI=1S/C46H75NO14/c1-13-16-34-28(7)37(58-38-22-33(48)43(31(10)57-38)60-45(47)53)23-46(54,61-34)30(9)41(51)29(8)42-35(55-11)18-15-17-24(3)19-26(5)39(49)32(14-2)40(50)27(6)20-25(4)21-36(56-12)44(52)59-42/h13,15-18,20-21,26-35,37-43,48-51,54H,14,19,22-23H2,1-12H3,(H2,47,53)/b16-13+,18-15+,24-17+,25-20+,36-21-/t26-,27-,28-,29+,30+,31-,32+,33-,34-,35+,37-,38+,39+,40-,41-,42-,43-,46-/m1/s1/i40+1. The molecule has 15 heteroatoms. The zero-order valence-electron chi connectivity index (χ0n) is 38.2. The number of aliphatic hydroxyl groups excluding tert-OH is 4. The first-order valence-corrected chi connectivity index (χ1v) is 21.7. The van der Waals surface area contributed by atoms with Gasteiger partial charge in [-0.25, -0.2) is 9.59 Å². The summed E-state index contributed by atoms with van der Waals surface area (Å²) in [5.74, 6) is -6.00. The second-order valence-electron chi connectivity index (χ2n) is 17.5. The van der Waals surface area contributed by atoms with E-state index in [4.69, 9.17) is 38.9 Å². The fraction of sp³-hybridized carbons (Fsp3) is 0.739. The lowest BCUT2D eigenvalue weighted by Gasteiger charge is -2.49. The molecule has 0 spiro atoms. The molecule has 2 fully saturated rings. The Balaban J connectivity index is 2.00. The molecule has 2 saturated heterocycles. The SMILES string of the molecule is C/C=C/[C@H]1O[C@@](O)([C@@H](C)[C@H](O)[C@H](C)[C@H]2OC(=O)/C(OC)=C/C(C)=C/[C@@H](C)[13C@@H](O)[C@@H](CC)[C@@H](O)[C@H](C)C/C(C)=C/C=C/[C@@H]2OC)C[C@@H](O[C@H]2C[C@@H](O)[C@H](OC(N)=O)[C@@H](C)O2)[C@@H]1C. The maximum absolute atomic E-state index is 13.9. The molecular weight excluding hydrogens is 791 g/mol. The topological polar surface area (TPSA) is 226 Å². The highest BCUT2D eigenvalue weighted by Crippen LogP contribution is 2.42. The number of allylic oxidation sites excluding steroid dienone is 6. The third-order valence-electron chi connectivity index (χ3n) is 12.8. The largest absolute Gasteiger partial charge is 0.490 e. The molecule has 0 aliphatic carbocycles. The molecule has 18 atom stereocenters. The molecule has 1 amide bonds. The summed E-state index contributed by atoms with van der Waals surface area (Å²) >= 11 is 0. The molecule has 61 heavy (non-hydrogen) atoms. The van der Waals surface area contributed by atoms with Crippen molar-refractivity contribution in [2.75, 3.05) is 14.2 Å². The van der Waals surface area contributed by atoms with E-state index in [0.29, 0.717) is 18.4 Å². The lowest BCUT2D eigenvalue weighted by atomic mass is 9.77. The van der Waals surface area contributed by atoms with Gasteiger partial charge in [0.25, 0.3) is 0 Å². The smallest absolute Gasteiger partial charge is 0.404 e. The van der Waals surface area contributed by atoms with Crippen molar-refractivity contribution < 1.29 is 68.3 Å². The molecule has 0 unspecified atom stereocenters. The fourth-order valence-corrected chi connectivity index (χ4v) is 8.94. The van der Waals surface area contributed by atoms with E-state index >= 15 is 0 Å². The third kappa shape index (κ3) is 13.7. The molecule has 0 radical (unpaired) electrons. The molecule has 3 rings (SSSR count). The quantitative estimate of drug-likeness (QED) is 0.0915. The number of nitrogens with two attached hydrogens (primary N) is 1. The first-order valence-electron chi connectivity index (χ1n) is 21.7. The van der Waals surface area contributed by atoms with Crippen LogP contribution < -0.4 is 5.73 Å². The monoisotopic (exact) mass is 867 g/mol. The highest BCUT2D eigenvalue weighted by molar-refractivity contribution is 5.87. The first kappa shape index (κ1) is 52.2. The molecule has 7 N–H and O–H groups in total. The molecule has 3 aliphatic rings. The van der Waals surface area contributed by atoms with Gasteiger partial charge in [-0.15, -0.1) is 0 Å². The predicted octanol–water partition coefficient (Wildman–Crippen LogP) is 4.98. The zero-order valence-corrected chi connectivity index (χ0v) is 38.2. The average molecular weight is 867 g/mol. The number of cyclic esters (lactones) is 1. The van der Waals surface area contributed by atoms with Crippen LogP contribution in [0.2, 0.25) is 0 Å². The Kier molecular flexibility index (Phi) is 20.1. The van der Waals surface area contributed by atoms with E-state index in [1.165, 1.54) is 20.3 Å². The minimum Gasteiger partial charge on any atom is -0.490 e. The maximum Gasteiger partial charge on any atom is 0.404 e. The molecule has 0 bridgehead atoms. The summed E-state index contributed by atoms with van der Waals surface area (Å²) in [5.41, 5.74) is 6.78. The van der Waals surface area contributed by atoms with Crippen molar-refractivity contribution in [3.05, 3.63) is 59.4 Å². The molecule has 348 valence electrons. The predicted molar refractivity (Wildman–Crippen MR) is 228 cm³/mol. The average Bonchev–Trinajstić information content (AvgIpc) is 3.19. The van der Waals surface area contributed by atoms with Gasteiger partial charge in [-0.05, 0) is 52.5 Å². The summed E-state index contributed by atoms with van der Waals surface area (Å²) in [6.45, 7) is 18.2. The molecule has 3 heterocycles. The molecular formula is C46H75NO14. The van der Waals surface area contributed by atoms with Gasteiger partial charge in [0.2, 0.25) is 5.76 Å². The molecule has 3 aliphatic heterocycles. The van der Waals surface area contributed by atoms with Crippen molar-refractivity contribution in [3.63, 3.8) is 0 Å². The van der Waals surface area contributed by atoms with Crippen LogP contribution in [0.3, 0.4) is 0 Å². The van der Waals surface area contributed by atoms with Gasteiger partial charge in [0.15, 0.2) is 18.2 Å². The summed E-state index contributed by atoms with van der Waals surface area (Å²) in [4.78, 5) is 25.4. The van der Waals surface area contributed by atoms with Crippen LogP contribution in [0.1, 0.15) is 94.9 Å². The Hall–Kier alpha value is -3.12. The third-order valence-corrected chi connectivity index (χ3v) is 12.8. The Morgan fingerprint density at radius 1 is 1.10 bits per heavy atom. The molecule has 0 saturated carbocycles. The van der Waals surface area contributed by atoms with Crippen molar-refractivity contribution in [2.24, 2.45) is 41.2 Å². The van der Waals surface area contributed by atoms with Crippen molar-refractivity contribution >= 4 is 12.1 Å². The van der Waals surface area contributed by atoms with Gasteiger partial charge in [0, 0.05) is 49.5 Å². The van der Waals surface area contributed by atoms with E-state index in [1.807, 2.05) is 53.7 Å². The van der Waals surface area contributed by atoms with E-state index < -0.39 is 97.0 Å². The number of hydrogen-bond acceptors (Lipinski definition) is 14. The number of primary amides is 1. The van der Waals surface area contributed by atoms with E-state index in [1.54, 1.807) is 52.0 Å². The van der Waals surface area contributed by atoms with Gasteiger partial charge >= 0.3 is 12.1 Å². The van der Waals surface area contributed by atoms with Crippen molar-refractivity contribution in [3.8, 4) is 0 Å². The Labute approximate surface area is 362 Å². The summed E-state index contributed by atoms with van der Waals surface area (Å²) in [6.07, 6.45) is 2.20. The van der Waals surface area contributed by atoms with E-state index in [9.17, 15) is 35.1 Å². The van der Waals surface area contributed by atoms with E-state index in [-0.39, 0.29) is 42.3 Å². The number of hydrogen-bond donors (Lipinski definition) is 6. The van der Waals surface area contributed by atoms with Gasteiger partial charge in [-0.3, -0.25) is 0 Å². The lowest BCUT2D eigenvalue weighted by Crippen LogP contribution is -2.59. The number of methoxy groups -OCH3 is 2. The van der Waals surface area contributed by atoms with Crippen LogP contribution in [-0.4, -0.2) is 125 Å². The van der Waals surface area contributed by atoms with Gasteiger partial charge in [0.1, 0.15) is 12.2 Å². The van der Waals surface area contributed by atoms with Crippen molar-refractivity contribution in [2.45, 2.75) is 168 Å². The number of aliphatic hydroxyl groups is 5. The van der Waals surface area contributed by atoms with Crippen LogP contribution in [-0.2, 0) is 38.0 Å². The number of amides is 1. The maximum atomic E-state index is 13.9. The number of ether oxygens (including phenoxy) is 7. The van der Waals surface area contributed by atoms with Gasteiger partial charge in [-0.2, -0.15) is 0 Å². The first-order chi connectivity index (χ1) is 28.6. The minimum atomic E-state index is -1.97. The van der Waals surface area contributed by atoms with Gasteiger partial charge < -0.3 is 64.4 Å². The Morgan fingerprint density at radius 3 is 2.34 bits per heavy atom. The van der Waals surface area contributed by atoms with Crippen LogP contribution in [0.25, 0.3) is 0 Å². The second kappa shape index (κ2) is 23.5. The summed E-state index contributed by atoms with van der Waals surface area (Å²) in [6, 6.07) is 0. The second-order valence-corrected chi connectivity index (χ2v) is 17.5. The van der Waals surface area contributed by atoms with Gasteiger partial charge in [0.05, 0.1) is 49.8 Å². The summed E-state index contributed by atoms with van der Waals surface area (Å²) in [7, 11) is 2.81. The highest BCUT2D eigenvalue weighted by atomic mass is 16.7. The van der Waals surface area contributed by atoms with Crippen molar-refractivity contribution in [1.82, 2.24) is 0 Å². The van der Waals surface area contributed by atoms with Crippen LogP contribution >= 0.6 is 0 Å². The fourth-order valence-electron chi connectivity index (χ4n) is 8.94. The molecule has 0 aromatic heterocycles. The Bertz CT molecular complexity index is 1570. The number of carbonyl (C=O) groups is 2. The van der Waals surface area contributed by atoms with Crippen LogP contribution in [0.4, 0.5) is 4.79 Å². The highest BCUT2D eigenvalue weighted by Gasteiger charge is 2.52. The summed E-state index contributed by atoms with van der Waals surface area (Å²) in [5, 5.41) is 58.0. The van der Waals surface area contributed by atoms with E-state index in [0.717, 1.165) is 5.57 Å². The van der Waals surface area contributed by atoms with Crippen LogP contribution in [0.5, 0.6) is 0 Å². The number of rotatable bonds is 11. The normalized spacial score (nSPS) is 42.2. The van der Waals surface area contributed by atoms with Crippen LogP contribution in [0, 0.1) is 35.5 Å². The van der Waals surface area contributed by atoms with Gasteiger partial charge in [-0.1, -0.05) is 89.1 Å². The Morgan fingerprint density at radius 2 is 1.77 bits per heavy atom. The number of carbonyl (C=O) groups excluding carboxylic acids is 2. The molecule has 0 aromatic rings. The molecule has 15 nitrogen and oxygen atoms in total.